The van der Waals surface area contributed by atoms with Crippen LogP contribution in [0.2, 0.25) is 0 Å². The molecule has 6 amide bonds. The van der Waals surface area contributed by atoms with Crippen molar-refractivity contribution in [2.75, 3.05) is 58.9 Å². The van der Waals surface area contributed by atoms with Gasteiger partial charge in [0.25, 0.3) is 0 Å². The minimum atomic E-state index is -1.26. The molecule has 0 spiro atoms. The zero-order chi connectivity index (χ0) is 53.6. The number of benzene rings is 6. The van der Waals surface area contributed by atoms with E-state index in [1.54, 1.807) is 0 Å². The van der Waals surface area contributed by atoms with Crippen LogP contribution in [0.3, 0.4) is 0 Å². The van der Waals surface area contributed by atoms with E-state index < -0.39 is 88.3 Å². The van der Waals surface area contributed by atoms with Gasteiger partial charge >= 0.3 is 0 Å². The van der Waals surface area contributed by atoms with Crippen molar-refractivity contribution < 1.29 is 33.5 Å². The fourth-order valence-electron chi connectivity index (χ4n) is 9.21. The van der Waals surface area contributed by atoms with E-state index in [9.17, 15) is 28.8 Å². The average Bonchev–Trinajstić information content (AvgIpc) is 3.43. The Bertz CT molecular complexity index is 2540. The highest BCUT2D eigenvalue weighted by molar-refractivity contribution is 8.01. The molecule has 15 heteroatoms. The van der Waals surface area contributed by atoms with Crippen molar-refractivity contribution in [1.82, 2.24) is 30.7 Å². The van der Waals surface area contributed by atoms with Gasteiger partial charge in [0.05, 0.1) is 41.3 Å². The molecule has 0 radical (unpaired) electrons. The molecule has 6 aromatic rings. The molecule has 13 nitrogen and oxygen atoms in total. The number of carbonyl (C=O) groups excluding carboxylic acids is 6. The second kappa shape index (κ2) is 25.4. The van der Waals surface area contributed by atoms with Crippen LogP contribution < -0.4 is 16.0 Å². The molecule has 1 saturated heterocycles. The molecule has 1 aliphatic rings. The van der Waals surface area contributed by atoms with Gasteiger partial charge in [-0.3, -0.25) is 28.8 Å². The molecule has 6 aromatic carbocycles. The van der Waals surface area contributed by atoms with Crippen molar-refractivity contribution in [3.8, 4) is 0 Å². The molecule has 1 aliphatic heterocycles. The third-order valence-electron chi connectivity index (χ3n) is 12.9. The lowest BCUT2D eigenvalue weighted by Gasteiger charge is -2.37. The van der Waals surface area contributed by atoms with Crippen molar-refractivity contribution in [3.05, 3.63) is 215 Å². The lowest BCUT2D eigenvalue weighted by atomic mass is 9.84. The van der Waals surface area contributed by atoms with E-state index in [4.69, 9.17) is 4.74 Å². The summed E-state index contributed by atoms with van der Waals surface area (Å²) in [5, 5.41) is 8.62. The van der Waals surface area contributed by atoms with E-state index in [-0.39, 0.29) is 18.1 Å². The number of hydrogen-bond acceptors (Lipinski definition) is 9. The summed E-state index contributed by atoms with van der Waals surface area (Å²) in [7, 11) is 4.37. The van der Waals surface area contributed by atoms with Gasteiger partial charge in [-0.05, 0) is 54.2 Å². The summed E-state index contributed by atoms with van der Waals surface area (Å²) in [6.07, 6.45) is 0. The lowest BCUT2D eigenvalue weighted by Crippen LogP contribution is -2.58. The van der Waals surface area contributed by atoms with Crippen molar-refractivity contribution in [2.45, 2.75) is 54.0 Å². The molecule has 1 fully saturated rings. The number of nitrogens with zero attached hydrogens (tertiary/aromatic N) is 3. The summed E-state index contributed by atoms with van der Waals surface area (Å²) in [6.45, 7) is 3.76. The number of likely N-dealkylation sites (N-methyl/N-ethyl adjacent to an activating group) is 3. The van der Waals surface area contributed by atoms with Crippen molar-refractivity contribution >= 4 is 59.0 Å². The SMILES string of the molecule is CN1CC(=O)N[C@@H](CSC(c2ccccc2)(c2ccccc2)c2ccccc2)C(=O)N(C)CC(=O)N[C@@H](CSC(c2ccccc2)(c2ccccc2)c2ccccc2)C(=O)N(C)CC(=O)N[C@@H](COC(C)(C)C)C1=O. The van der Waals surface area contributed by atoms with Crippen LogP contribution in [0.1, 0.15) is 54.2 Å². The van der Waals surface area contributed by atoms with E-state index in [1.807, 2.05) is 203 Å². The zero-order valence-corrected chi connectivity index (χ0v) is 44.9. The molecule has 390 valence electrons. The van der Waals surface area contributed by atoms with E-state index >= 15 is 0 Å². The number of carbonyl (C=O) groups is 6. The highest BCUT2D eigenvalue weighted by Gasteiger charge is 2.42. The predicted octanol–water partition coefficient (Wildman–Crippen LogP) is 7.10. The first-order valence-electron chi connectivity index (χ1n) is 24.9. The average molecular weight is 1050 g/mol. The molecular weight excluding hydrogens is 981 g/mol. The molecule has 3 atom stereocenters. The number of rotatable bonds is 14. The van der Waals surface area contributed by atoms with Crippen LogP contribution in [-0.2, 0) is 43.0 Å². The Morgan fingerprint density at radius 3 is 0.867 bits per heavy atom. The summed E-state index contributed by atoms with van der Waals surface area (Å²) >= 11 is 2.91. The molecule has 0 unspecified atom stereocenters. The Kier molecular flexibility index (Phi) is 18.8. The van der Waals surface area contributed by atoms with Crippen LogP contribution in [0, 0.1) is 0 Å². The van der Waals surface area contributed by atoms with Crippen LogP contribution >= 0.6 is 23.5 Å². The van der Waals surface area contributed by atoms with Gasteiger partial charge < -0.3 is 35.4 Å². The highest BCUT2D eigenvalue weighted by Crippen LogP contribution is 2.50. The third-order valence-corrected chi connectivity index (χ3v) is 16.1. The van der Waals surface area contributed by atoms with Crippen molar-refractivity contribution in [1.29, 1.82) is 0 Å². The van der Waals surface area contributed by atoms with Gasteiger partial charge in [0.2, 0.25) is 35.4 Å². The topological polar surface area (TPSA) is 157 Å². The monoisotopic (exact) mass is 1050 g/mol. The number of thioether (sulfide) groups is 2. The second-order valence-corrected chi connectivity index (χ2v) is 22.0. The number of nitrogens with one attached hydrogen (secondary N) is 3. The normalized spacial score (nSPS) is 18.2. The molecule has 7 rings (SSSR count). The summed E-state index contributed by atoms with van der Waals surface area (Å²) in [4.78, 5) is 90.4. The maximum absolute atomic E-state index is 15.0. The number of hydrogen-bond donors (Lipinski definition) is 3. The summed E-state index contributed by atoms with van der Waals surface area (Å²) in [5.74, 6) is -3.66. The summed E-state index contributed by atoms with van der Waals surface area (Å²) in [5.41, 5.74) is 4.90. The van der Waals surface area contributed by atoms with Crippen molar-refractivity contribution in [3.63, 3.8) is 0 Å². The van der Waals surface area contributed by atoms with Crippen LogP contribution in [-0.4, -0.2) is 133 Å². The highest BCUT2D eigenvalue weighted by atomic mass is 32.2. The first kappa shape index (κ1) is 55.5. The van der Waals surface area contributed by atoms with E-state index in [0.29, 0.717) is 0 Å². The number of amides is 6. The van der Waals surface area contributed by atoms with Gasteiger partial charge in [-0.2, -0.15) is 0 Å². The molecule has 0 saturated carbocycles. The van der Waals surface area contributed by atoms with Gasteiger partial charge in [0, 0.05) is 32.6 Å². The van der Waals surface area contributed by atoms with Crippen molar-refractivity contribution in [2.24, 2.45) is 0 Å². The van der Waals surface area contributed by atoms with E-state index in [1.165, 1.54) is 59.4 Å². The lowest BCUT2D eigenvalue weighted by molar-refractivity contribution is -0.143. The Morgan fingerprint density at radius 1 is 0.400 bits per heavy atom. The Labute approximate surface area is 449 Å². The third kappa shape index (κ3) is 13.8. The van der Waals surface area contributed by atoms with Gasteiger partial charge in [-0.25, -0.2) is 0 Å². The maximum atomic E-state index is 15.0. The smallest absolute Gasteiger partial charge is 0.247 e. The quantitative estimate of drug-likeness (QED) is 0.0970. The summed E-state index contributed by atoms with van der Waals surface area (Å²) in [6, 6.07) is 55.8. The Balaban J connectivity index is 1.27. The first-order chi connectivity index (χ1) is 36.0. The van der Waals surface area contributed by atoms with Crippen LogP contribution in [0.25, 0.3) is 0 Å². The molecule has 0 aromatic heterocycles. The van der Waals surface area contributed by atoms with Crippen LogP contribution in [0.15, 0.2) is 182 Å². The second-order valence-electron chi connectivity index (χ2n) is 19.5. The molecule has 0 aliphatic carbocycles. The largest absolute Gasteiger partial charge is 0.373 e. The zero-order valence-electron chi connectivity index (χ0n) is 43.3. The van der Waals surface area contributed by atoms with Gasteiger partial charge in [0.15, 0.2) is 0 Å². The fourth-order valence-corrected chi connectivity index (χ4v) is 12.3. The fraction of sp³-hybridized carbons (Fsp3) is 0.300. The molecule has 3 N–H and O–H groups in total. The van der Waals surface area contributed by atoms with E-state index in [0.717, 1.165) is 33.4 Å². The molecular formula is C60H66N6O7S2. The predicted molar refractivity (Wildman–Crippen MR) is 298 cm³/mol. The Hall–Kier alpha value is -7.20. The molecule has 0 bridgehead atoms. The van der Waals surface area contributed by atoms with Gasteiger partial charge in [0.1, 0.15) is 18.1 Å². The maximum Gasteiger partial charge on any atom is 0.247 e. The molecule has 75 heavy (non-hydrogen) atoms. The van der Waals surface area contributed by atoms with E-state index in [2.05, 4.69) is 16.0 Å². The van der Waals surface area contributed by atoms with Gasteiger partial charge in [-0.1, -0.05) is 182 Å². The minimum Gasteiger partial charge on any atom is -0.373 e. The van der Waals surface area contributed by atoms with Gasteiger partial charge in [-0.15, -0.1) is 23.5 Å². The number of ether oxygens (including phenoxy) is 1. The summed E-state index contributed by atoms with van der Waals surface area (Å²) < 4.78 is 4.26. The standard InChI is InChI=1S/C60H66N6O7S2/c1-58(2,3)73-40-49-55(70)64(4)38-53(68)62-51(42-75-60(46-31-19-10-20-32-46,47-33-21-11-22-34-47)48-35-23-12-24-36-48)57(72)66(6)39-54(69)63-50(56(71)65(5)37-52(67)61-49)41-74-59(43-25-13-7-14-26-43,44-27-15-8-16-28-44)45-29-17-9-18-30-45/h7-36,49-51H,37-42H2,1-6H3,(H,61,67)(H,62,68)(H,63,69)/t49-,50-,51-/m0/s1. The Morgan fingerprint density at radius 2 is 0.627 bits per heavy atom. The first-order valence-corrected chi connectivity index (χ1v) is 26.9. The molecule has 1 heterocycles. The van der Waals surface area contributed by atoms with Crippen LogP contribution in [0.5, 0.6) is 0 Å². The minimum absolute atomic E-state index is 0.0219. The van der Waals surface area contributed by atoms with Crippen LogP contribution in [0.4, 0.5) is 0 Å².